The number of esters is 1. The van der Waals surface area contributed by atoms with E-state index in [1.807, 2.05) is 0 Å². The molecule has 0 heterocycles. The van der Waals surface area contributed by atoms with E-state index in [0.29, 0.717) is 19.6 Å². The van der Waals surface area contributed by atoms with Gasteiger partial charge in [-0.2, -0.15) is 0 Å². The number of nitrogens with zero attached hydrogens (tertiary/aromatic N) is 1. The van der Waals surface area contributed by atoms with Crippen molar-refractivity contribution in [3.8, 4) is 0 Å². The van der Waals surface area contributed by atoms with Crippen LogP contribution in [0.1, 0.15) is 0 Å². The monoisotopic (exact) mass is 293 g/mol. The Hall–Kier alpha value is -0.277. The fraction of sp³-hybridized carbons (Fsp3) is 0.778. The number of carbonyl (C=O) groups excluding carboxylic acids is 1. The van der Waals surface area contributed by atoms with E-state index >= 15 is 0 Å². The molecule has 0 unspecified atom stereocenters. The summed E-state index contributed by atoms with van der Waals surface area (Å²) in [5.41, 5.74) is 0. The molecule has 0 amide bonds. The Bertz CT molecular complexity index is 134. The summed E-state index contributed by atoms with van der Waals surface area (Å²) >= 11 is 0. The third-order valence-electron chi connectivity index (χ3n) is 1.45. The van der Waals surface area contributed by atoms with Gasteiger partial charge in [0.25, 0.3) is 0 Å². The van der Waals surface area contributed by atoms with Crippen LogP contribution in [0.15, 0.2) is 0 Å². The third-order valence-corrected chi connectivity index (χ3v) is 1.45. The van der Waals surface area contributed by atoms with E-state index in [2.05, 4.69) is 11.7 Å². The van der Waals surface area contributed by atoms with Crippen LogP contribution >= 0.6 is 0 Å². The summed E-state index contributed by atoms with van der Waals surface area (Å²) in [7, 11) is 1.29. The second-order valence-electron chi connectivity index (χ2n) is 2.53. The average Bonchev–Trinajstić information content (AvgIpc) is 2.20. The molecule has 0 saturated heterocycles. The summed E-state index contributed by atoms with van der Waals surface area (Å²) in [6.07, 6.45) is 0. The largest absolute Gasteiger partial charge is 0.854 e. The molecule has 6 nitrogen and oxygen atoms in total. The summed E-state index contributed by atoms with van der Waals surface area (Å²) in [4.78, 5) is 11.1. The van der Waals surface area contributed by atoms with Crippen molar-refractivity contribution in [2.24, 2.45) is 0 Å². The Balaban J connectivity index is -0.000000242. The van der Waals surface area contributed by atoms with Crippen molar-refractivity contribution in [2.45, 2.75) is 0 Å². The second kappa shape index (κ2) is 17.1. The number of rotatable bonds is 6. The van der Waals surface area contributed by atoms with Gasteiger partial charge in [-0.1, -0.05) is 0 Å². The van der Waals surface area contributed by atoms with E-state index in [4.69, 9.17) is 0 Å². The minimum Gasteiger partial charge on any atom is -0.854 e. The number of methoxy groups -OCH3 is 1. The van der Waals surface area contributed by atoms with Crippen LogP contribution in [-0.2, 0) is 9.53 Å². The molecule has 0 aliphatic rings. The van der Waals surface area contributed by atoms with E-state index in [1.165, 1.54) is 7.11 Å². The first-order valence-electron chi connectivity index (χ1n) is 4.48. The first-order chi connectivity index (χ1) is 7.12. The van der Waals surface area contributed by atoms with Gasteiger partial charge in [0.1, 0.15) is 0 Å². The number of ether oxygens (including phenoxy) is 1. The van der Waals surface area contributed by atoms with Crippen molar-refractivity contribution in [3.63, 3.8) is 0 Å². The maximum absolute atomic E-state index is 10.0. The minimum absolute atomic E-state index is 0. The molecule has 4 radical (unpaired) electrons. The Morgan fingerprint density at radius 1 is 1.12 bits per heavy atom. The number of hydrogen-bond donors (Lipinski definition) is 0. The van der Waals surface area contributed by atoms with Crippen LogP contribution in [0, 0.1) is 6.92 Å². The molecular formula is C9H17GeNO5-4. The quantitative estimate of drug-likeness (QED) is 0.281. The third kappa shape index (κ3) is 19.3. The van der Waals surface area contributed by atoms with Crippen LogP contribution in [0.25, 0.3) is 0 Å². The molecule has 16 heavy (non-hydrogen) atoms. The molecule has 7 heteroatoms. The van der Waals surface area contributed by atoms with E-state index in [-0.39, 0.29) is 37.4 Å². The summed E-state index contributed by atoms with van der Waals surface area (Å²) in [6.45, 7) is 3.16. The van der Waals surface area contributed by atoms with Crippen molar-refractivity contribution in [3.05, 3.63) is 6.92 Å². The molecule has 96 valence electrons. The first kappa shape index (κ1) is 21.1. The number of carbonyl (C=O) groups is 1. The van der Waals surface area contributed by atoms with Gasteiger partial charge in [0.2, 0.25) is 0 Å². The molecule has 0 N–H and O–H groups in total. The van der Waals surface area contributed by atoms with E-state index in [1.54, 1.807) is 4.90 Å². The molecule has 0 saturated carbocycles. The van der Waals surface area contributed by atoms with Gasteiger partial charge in [-0.15, -0.1) is 19.8 Å². The molecule has 0 rings (SSSR count). The zero-order valence-corrected chi connectivity index (χ0v) is 11.5. The van der Waals surface area contributed by atoms with Gasteiger partial charge in [0.15, 0.2) is 5.97 Å². The van der Waals surface area contributed by atoms with Crippen LogP contribution in [0.5, 0.6) is 0 Å². The first-order valence-corrected chi connectivity index (χ1v) is 4.48. The molecule has 0 atom stereocenters. The minimum atomic E-state index is -0.495. The molecule has 0 spiro atoms. The number of hydrogen-bond acceptors (Lipinski definition) is 6. The van der Waals surface area contributed by atoms with Crippen LogP contribution < -0.4 is 15.3 Å². The van der Waals surface area contributed by atoms with Crippen LogP contribution in [0.2, 0.25) is 0 Å². The average molecular weight is 292 g/mol. The van der Waals surface area contributed by atoms with Crippen molar-refractivity contribution < 1.29 is 24.9 Å². The molecule has 0 bridgehead atoms. The van der Waals surface area contributed by atoms with Crippen LogP contribution in [-0.4, -0.2) is 75.0 Å². The van der Waals surface area contributed by atoms with E-state index in [9.17, 15) is 20.1 Å². The maximum atomic E-state index is 10.0. The summed E-state index contributed by atoms with van der Waals surface area (Å²) in [6, 6.07) is 0. The Labute approximate surface area is 107 Å². The molecule has 0 aromatic rings. The van der Waals surface area contributed by atoms with Crippen molar-refractivity contribution in [1.29, 1.82) is 0 Å². The fourth-order valence-electron chi connectivity index (χ4n) is 0.723. The molecule has 0 aromatic heterocycles. The predicted octanol–water partition coefficient (Wildman–Crippen LogP) is -4.02. The van der Waals surface area contributed by atoms with Gasteiger partial charge in [0.05, 0.1) is 7.11 Å². The van der Waals surface area contributed by atoms with E-state index in [0.717, 1.165) is 0 Å². The van der Waals surface area contributed by atoms with Crippen LogP contribution in [0.4, 0.5) is 0 Å². The van der Waals surface area contributed by atoms with Gasteiger partial charge >= 0.3 is 0 Å². The zero-order valence-electron chi connectivity index (χ0n) is 9.44. The summed E-state index contributed by atoms with van der Waals surface area (Å²) in [5.74, 6) is -0.495. The van der Waals surface area contributed by atoms with Gasteiger partial charge in [-0.25, -0.2) is 0 Å². The van der Waals surface area contributed by atoms with Gasteiger partial charge < -0.3 is 25.0 Å². The Morgan fingerprint density at radius 2 is 1.38 bits per heavy atom. The molecular weight excluding hydrogens is 275 g/mol. The smallest absolute Gasteiger partial charge is 0.164 e. The maximum Gasteiger partial charge on any atom is 0.164 e. The molecule has 0 aromatic carbocycles. The Morgan fingerprint density at radius 3 is 1.50 bits per heavy atom. The van der Waals surface area contributed by atoms with E-state index < -0.39 is 5.97 Å². The van der Waals surface area contributed by atoms with Crippen molar-refractivity contribution in [2.75, 3.05) is 46.6 Å². The summed E-state index contributed by atoms with van der Waals surface area (Å²) in [5, 5.41) is 30.1. The van der Waals surface area contributed by atoms with Gasteiger partial charge in [-0.05, 0) is 19.6 Å². The fourth-order valence-corrected chi connectivity index (χ4v) is 0.723. The normalized spacial score (nSPS) is 8.81. The summed E-state index contributed by atoms with van der Waals surface area (Å²) < 4.78 is 4.00. The standard InChI is InChI=1S/C6H12NO3.C3H5O2.Ge/c8-4-1-7(2-5-9)3-6-10;1-3(4)5-2;/h1-6H2;1H2,2H3;/q-3;-1;. The zero-order chi connectivity index (χ0) is 12.1. The van der Waals surface area contributed by atoms with Gasteiger partial charge in [-0.3, -0.25) is 11.7 Å². The molecule has 0 aliphatic heterocycles. The predicted molar refractivity (Wildman–Crippen MR) is 54.2 cm³/mol. The molecule has 0 fully saturated rings. The SMILES string of the molecule is [CH2-]C(=O)OC.[Ge].[O-]CCN(CC[O-])CC[O-]. The molecule has 0 aliphatic carbocycles. The topological polar surface area (TPSA) is 98.7 Å². The van der Waals surface area contributed by atoms with Gasteiger partial charge in [0, 0.05) is 17.6 Å². The Kier molecular flexibility index (Phi) is 22.5. The van der Waals surface area contributed by atoms with Crippen molar-refractivity contribution in [1.82, 2.24) is 4.90 Å². The van der Waals surface area contributed by atoms with Crippen LogP contribution in [0.3, 0.4) is 0 Å². The van der Waals surface area contributed by atoms with Crippen molar-refractivity contribution >= 4 is 23.6 Å². The second-order valence-corrected chi connectivity index (χ2v) is 2.53.